The number of nitrogens with one attached hydrogen (secondary N) is 1. The number of amides is 1. The van der Waals surface area contributed by atoms with Gasteiger partial charge in [-0.25, -0.2) is 14.5 Å². The molecule has 0 spiro atoms. The Kier molecular flexibility index (Phi) is 6.07. The van der Waals surface area contributed by atoms with Gasteiger partial charge in [0.25, 0.3) is 5.56 Å². The number of hydrogen-bond acceptors (Lipinski definition) is 5. The van der Waals surface area contributed by atoms with Gasteiger partial charge in [0.2, 0.25) is 5.91 Å². The molecule has 32 heavy (non-hydrogen) atoms. The molecule has 9 heteroatoms. The van der Waals surface area contributed by atoms with Gasteiger partial charge in [0.05, 0.1) is 18.3 Å². The number of carbonyl (C=O) groups excluding carboxylic acids is 1. The third kappa shape index (κ3) is 4.72. The molecule has 0 bridgehead atoms. The number of benzene rings is 2. The Morgan fingerprint density at radius 1 is 1.03 bits per heavy atom. The zero-order valence-electron chi connectivity index (χ0n) is 17.5. The Balaban J connectivity index is 1.45. The van der Waals surface area contributed by atoms with Gasteiger partial charge >= 0.3 is 5.69 Å². The summed E-state index contributed by atoms with van der Waals surface area (Å²) in [6.45, 7) is 1.80. The maximum atomic E-state index is 12.8. The molecule has 0 fully saturated rings. The highest BCUT2D eigenvalue weighted by molar-refractivity contribution is 5.76. The van der Waals surface area contributed by atoms with E-state index in [-0.39, 0.29) is 12.6 Å². The van der Waals surface area contributed by atoms with Crippen molar-refractivity contribution in [2.24, 2.45) is 0 Å². The van der Waals surface area contributed by atoms with E-state index in [0.717, 1.165) is 21.4 Å². The lowest BCUT2D eigenvalue weighted by molar-refractivity contribution is -0.122. The van der Waals surface area contributed by atoms with Crippen molar-refractivity contribution in [2.75, 3.05) is 0 Å². The van der Waals surface area contributed by atoms with E-state index in [1.165, 1.54) is 23.2 Å². The first kappa shape index (κ1) is 21.0. The average molecular weight is 430 g/mol. The van der Waals surface area contributed by atoms with E-state index >= 15 is 0 Å². The van der Waals surface area contributed by atoms with Crippen molar-refractivity contribution in [1.29, 1.82) is 0 Å². The van der Waals surface area contributed by atoms with Gasteiger partial charge in [0.1, 0.15) is 19.2 Å². The van der Waals surface area contributed by atoms with E-state index in [1.807, 2.05) is 61.5 Å². The lowest BCUT2D eigenvalue weighted by Gasteiger charge is -2.16. The van der Waals surface area contributed by atoms with Crippen LogP contribution in [0.25, 0.3) is 5.69 Å². The summed E-state index contributed by atoms with van der Waals surface area (Å²) in [5.41, 5.74) is 1.61. The molecule has 0 unspecified atom stereocenters. The predicted molar refractivity (Wildman–Crippen MR) is 118 cm³/mol. The average Bonchev–Trinajstić information content (AvgIpc) is 3.34. The Morgan fingerprint density at radius 2 is 1.78 bits per heavy atom. The van der Waals surface area contributed by atoms with Crippen LogP contribution in [0.4, 0.5) is 0 Å². The second kappa shape index (κ2) is 9.25. The molecule has 0 aliphatic rings. The van der Waals surface area contributed by atoms with E-state index in [4.69, 9.17) is 0 Å². The molecule has 162 valence electrons. The molecule has 0 saturated carbocycles. The minimum Gasteiger partial charge on any atom is -0.348 e. The van der Waals surface area contributed by atoms with Crippen molar-refractivity contribution in [3.63, 3.8) is 0 Å². The first-order chi connectivity index (χ1) is 15.5. The second-order valence-electron chi connectivity index (χ2n) is 7.36. The van der Waals surface area contributed by atoms with E-state index in [2.05, 4.69) is 15.4 Å². The molecular weight excluding hydrogens is 408 g/mol. The van der Waals surface area contributed by atoms with Crippen LogP contribution < -0.4 is 16.6 Å². The molecule has 0 saturated heterocycles. The topological polar surface area (TPSA) is 104 Å². The van der Waals surface area contributed by atoms with Crippen LogP contribution in [0, 0.1) is 0 Å². The van der Waals surface area contributed by atoms with Crippen molar-refractivity contribution in [2.45, 2.75) is 26.1 Å². The Hall–Kier alpha value is -4.27. The maximum absolute atomic E-state index is 12.8. The number of nitrogens with zero attached hydrogens (tertiary/aromatic N) is 5. The highest BCUT2D eigenvalue weighted by Gasteiger charge is 2.14. The zero-order chi connectivity index (χ0) is 22.5. The van der Waals surface area contributed by atoms with Crippen LogP contribution in [0.5, 0.6) is 0 Å². The van der Waals surface area contributed by atoms with Gasteiger partial charge in [-0.15, -0.1) is 0 Å². The highest BCUT2D eigenvalue weighted by Crippen LogP contribution is 2.15. The molecule has 9 nitrogen and oxygen atoms in total. The molecule has 0 aliphatic heterocycles. The lowest BCUT2D eigenvalue weighted by Crippen LogP contribution is -2.43. The van der Waals surface area contributed by atoms with E-state index in [0.29, 0.717) is 6.54 Å². The summed E-state index contributed by atoms with van der Waals surface area (Å²) in [7, 11) is 0. The quantitative estimate of drug-likeness (QED) is 0.479. The molecule has 2 aromatic carbocycles. The molecule has 1 N–H and O–H groups in total. The summed E-state index contributed by atoms with van der Waals surface area (Å²) in [6.07, 6.45) is 4.50. The van der Waals surface area contributed by atoms with Crippen LogP contribution in [0.15, 0.2) is 89.1 Å². The van der Waals surface area contributed by atoms with Gasteiger partial charge in [0, 0.05) is 12.3 Å². The van der Waals surface area contributed by atoms with Crippen LogP contribution in [0.2, 0.25) is 0 Å². The molecule has 4 aromatic rings. The van der Waals surface area contributed by atoms with Crippen molar-refractivity contribution in [1.82, 2.24) is 29.2 Å². The Labute approximate surface area is 183 Å². The van der Waals surface area contributed by atoms with Gasteiger partial charge in [-0.05, 0) is 30.2 Å². The summed E-state index contributed by atoms with van der Waals surface area (Å²) >= 11 is 0. The summed E-state index contributed by atoms with van der Waals surface area (Å²) in [5.74, 6) is -0.422. The fourth-order valence-corrected chi connectivity index (χ4v) is 3.37. The number of carbonyl (C=O) groups is 1. The normalized spacial score (nSPS) is 11.8. The third-order valence-electron chi connectivity index (χ3n) is 5.09. The molecule has 0 radical (unpaired) electrons. The van der Waals surface area contributed by atoms with Crippen LogP contribution in [0.3, 0.4) is 0 Å². The molecule has 1 atom stereocenters. The predicted octanol–water partition coefficient (Wildman–Crippen LogP) is 1.52. The van der Waals surface area contributed by atoms with E-state index in [9.17, 15) is 14.4 Å². The monoisotopic (exact) mass is 430 g/mol. The Bertz CT molecular complexity index is 1310. The number of hydrogen-bond donors (Lipinski definition) is 1. The second-order valence-corrected chi connectivity index (χ2v) is 7.36. The summed E-state index contributed by atoms with van der Waals surface area (Å²) in [4.78, 5) is 41.5. The lowest BCUT2D eigenvalue weighted by atomic mass is 10.1. The maximum Gasteiger partial charge on any atom is 0.331 e. The summed E-state index contributed by atoms with van der Waals surface area (Å²) < 4.78 is 3.99. The minimum atomic E-state index is -0.527. The van der Waals surface area contributed by atoms with Gasteiger partial charge in [0.15, 0.2) is 0 Å². The first-order valence-corrected chi connectivity index (χ1v) is 10.1. The van der Waals surface area contributed by atoms with Crippen molar-refractivity contribution in [3.05, 3.63) is 111 Å². The largest absolute Gasteiger partial charge is 0.348 e. The number of rotatable bonds is 7. The molecule has 1 amide bonds. The van der Waals surface area contributed by atoms with Crippen LogP contribution >= 0.6 is 0 Å². The SMILES string of the molecule is C[C@@H](NC(=O)Cn1c(=O)ccn(Cc2ccccc2)c1=O)c1ccc(-n2cncn2)cc1. The third-order valence-corrected chi connectivity index (χ3v) is 5.09. The van der Waals surface area contributed by atoms with Crippen LogP contribution in [-0.2, 0) is 17.9 Å². The summed E-state index contributed by atoms with van der Waals surface area (Å²) in [5, 5.41) is 6.92. The standard InChI is InChI=1S/C23H22N6O3/c1-17(19-7-9-20(10-8-19)29-16-24-15-25-29)26-21(30)14-28-22(31)11-12-27(23(28)32)13-18-5-3-2-4-6-18/h2-12,15-17H,13-14H2,1H3,(H,26,30)/t17-/m1/s1. The fourth-order valence-electron chi connectivity index (χ4n) is 3.37. The fraction of sp³-hybridized carbons (Fsp3) is 0.174. The first-order valence-electron chi connectivity index (χ1n) is 10.1. The molecule has 4 rings (SSSR count). The van der Waals surface area contributed by atoms with Crippen LogP contribution in [0.1, 0.15) is 24.1 Å². The van der Waals surface area contributed by atoms with Gasteiger partial charge in [-0.2, -0.15) is 5.10 Å². The highest BCUT2D eigenvalue weighted by atomic mass is 16.2. The molecule has 2 aromatic heterocycles. The van der Waals surface area contributed by atoms with E-state index in [1.54, 1.807) is 11.0 Å². The van der Waals surface area contributed by atoms with Crippen molar-refractivity contribution < 1.29 is 4.79 Å². The molecule has 2 heterocycles. The molecule has 0 aliphatic carbocycles. The van der Waals surface area contributed by atoms with Crippen molar-refractivity contribution in [3.8, 4) is 5.69 Å². The Morgan fingerprint density at radius 3 is 2.47 bits per heavy atom. The molecular formula is C23H22N6O3. The zero-order valence-corrected chi connectivity index (χ0v) is 17.5. The van der Waals surface area contributed by atoms with Crippen LogP contribution in [-0.4, -0.2) is 29.8 Å². The van der Waals surface area contributed by atoms with Crippen molar-refractivity contribution >= 4 is 5.91 Å². The summed E-state index contributed by atoms with van der Waals surface area (Å²) in [6, 6.07) is 17.9. The van der Waals surface area contributed by atoms with Gasteiger partial charge in [-0.3, -0.25) is 18.7 Å². The smallest absolute Gasteiger partial charge is 0.331 e. The van der Waals surface area contributed by atoms with Gasteiger partial charge < -0.3 is 5.32 Å². The van der Waals surface area contributed by atoms with Gasteiger partial charge in [-0.1, -0.05) is 42.5 Å². The minimum absolute atomic E-state index is 0.307. The number of aromatic nitrogens is 5. The van der Waals surface area contributed by atoms with E-state index < -0.39 is 17.2 Å².